The summed E-state index contributed by atoms with van der Waals surface area (Å²) in [4.78, 5) is 23.4. The van der Waals surface area contributed by atoms with Crippen molar-refractivity contribution in [2.24, 2.45) is 5.92 Å². The van der Waals surface area contributed by atoms with Gasteiger partial charge in [-0.15, -0.1) is 0 Å². The Hall–Kier alpha value is -1.64. The first kappa shape index (κ1) is 13.4. The summed E-state index contributed by atoms with van der Waals surface area (Å²) in [7, 11) is 1.57. The van der Waals surface area contributed by atoms with E-state index in [-0.39, 0.29) is 23.9 Å². The second-order valence-corrected chi connectivity index (χ2v) is 4.10. The number of hydrogen-bond acceptors (Lipinski definition) is 3. The molecule has 92 valence electrons. The number of hydrogen-bond donors (Lipinski definition) is 0. The average Bonchev–Trinajstić information content (AvgIpc) is 2.37. The Kier molecular flexibility index (Phi) is 4.88. The van der Waals surface area contributed by atoms with Gasteiger partial charge in [0.25, 0.3) is 0 Å². The molecule has 0 saturated heterocycles. The third-order valence-corrected chi connectivity index (χ3v) is 2.91. The van der Waals surface area contributed by atoms with Gasteiger partial charge < -0.3 is 4.74 Å². The summed E-state index contributed by atoms with van der Waals surface area (Å²) in [5, 5.41) is 0. The highest BCUT2D eigenvalue weighted by atomic mass is 16.5. The van der Waals surface area contributed by atoms with Gasteiger partial charge in [0.1, 0.15) is 11.5 Å². The van der Waals surface area contributed by atoms with Gasteiger partial charge in [-0.05, 0) is 30.7 Å². The Morgan fingerprint density at radius 1 is 1.24 bits per heavy atom. The summed E-state index contributed by atoms with van der Waals surface area (Å²) in [5.41, 5.74) is 0.558. The van der Waals surface area contributed by atoms with Crippen molar-refractivity contribution in [2.45, 2.75) is 26.7 Å². The lowest BCUT2D eigenvalue weighted by atomic mass is 9.97. The largest absolute Gasteiger partial charge is 0.497 e. The molecule has 3 heteroatoms. The molecule has 1 aromatic rings. The first-order chi connectivity index (χ1) is 8.08. The number of ketones is 2. The quantitative estimate of drug-likeness (QED) is 0.561. The van der Waals surface area contributed by atoms with Crippen LogP contribution >= 0.6 is 0 Å². The second-order valence-electron chi connectivity index (χ2n) is 4.10. The van der Waals surface area contributed by atoms with Crippen molar-refractivity contribution < 1.29 is 14.3 Å². The minimum absolute atomic E-state index is 0.00770. The third kappa shape index (κ3) is 3.70. The van der Waals surface area contributed by atoms with Crippen molar-refractivity contribution in [1.29, 1.82) is 0 Å². The first-order valence-electron chi connectivity index (χ1n) is 5.78. The highest BCUT2D eigenvalue weighted by Gasteiger charge is 2.16. The van der Waals surface area contributed by atoms with Crippen LogP contribution in [0, 0.1) is 5.92 Å². The number of methoxy groups -OCH3 is 1. The molecule has 17 heavy (non-hydrogen) atoms. The lowest BCUT2D eigenvalue weighted by Gasteiger charge is -2.07. The van der Waals surface area contributed by atoms with Gasteiger partial charge in [0, 0.05) is 11.5 Å². The molecule has 0 spiro atoms. The van der Waals surface area contributed by atoms with Crippen LogP contribution in [-0.2, 0) is 4.79 Å². The monoisotopic (exact) mass is 234 g/mol. The lowest BCUT2D eigenvalue weighted by molar-refractivity contribution is -0.121. The van der Waals surface area contributed by atoms with Crippen LogP contribution in [0.5, 0.6) is 5.75 Å². The van der Waals surface area contributed by atoms with Crippen LogP contribution in [0.15, 0.2) is 24.3 Å². The van der Waals surface area contributed by atoms with E-state index in [4.69, 9.17) is 4.74 Å². The van der Waals surface area contributed by atoms with Gasteiger partial charge in [-0.3, -0.25) is 9.59 Å². The SMILES string of the molecule is CCC(C)C(=O)CC(=O)c1ccc(OC)cc1. The van der Waals surface area contributed by atoms with Crippen LogP contribution in [-0.4, -0.2) is 18.7 Å². The molecule has 0 amide bonds. The zero-order chi connectivity index (χ0) is 12.8. The van der Waals surface area contributed by atoms with Crippen LogP contribution in [0.1, 0.15) is 37.0 Å². The average molecular weight is 234 g/mol. The van der Waals surface area contributed by atoms with E-state index in [1.54, 1.807) is 31.4 Å². The van der Waals surface area contributed by atoms with E-state index in [9.17, 15) is 9.59 Å². The molecule has 1 rings (SSSR count). The highest BCUT2D eigenvalue weighted by Crippen LogP contribution is 2.14. The molecule has 0 aromatic heterocycles. The fourth-order valence-electron chi connectivity index (χ4n) is 1.44. The summed E-state index contributed by atoms with van der Waals surface area (Å²) in [6.07, 6.45) is 0.760. The van der Waals surface area contributed by atoms with Crippen LogP contribution < -0.4 is 4.74 Å². The zero-order valence-electron chi connectivity index (χ0n) is 10.5. The van der Waals surface area contributed by atoms with Gasteiger partial charge in [0.2, 0.25) is 0 Å². The van der Waals surface area contributed by atoms with Crippen molar-refractivity contribution in [3.8, 4) is 5.75 Å². The first-order valence-corrected chi connectivity index (χ1v) is 5.78. The molecular weight excluding hydrogens is 216 g/mol. The fraction of sp³-hybridized carbons (Fsp3) is 0.429. The molecule has 0 radical (unpaired) electrons. The van der Waals surface area contributed by atoms with E-state index in [1.807, 2.05) is 13.8 Å². The van der Waals surface area contributed by atoms with Crippen LogP contribution in [0.2, 0.25) is 0 Å². The molecule has 0 fully saturated rings. The summed E-state index contributed by atoms with van der Waals surface area (Å²) in [6.45, 7) is 3.80. The van der Waals surface area contributed by atoms with Crippen LogP contribution in [0.3, 0.4) is 0 Å². The normalized spacial score (nSPS) is 11.9. The number of carbonyl (C=O) groups is 2. The number of Topliss-reactive ketones (excluding diaryl/α,β-unsaturated/α-hetero) is 2. The Balaban J connectivity index is 2.66. The van der Waals surface area contributed by atoms with Gasteiger partial charge in [-0.25, -0.2) is 0 Å². The lowest BCUT2D eigenvalue weighted by Crippen LogP contribution is -2.15. The molecule has 0 aliphatic heterocycles. The maximum absolute atomic E-state index is 11.8. The van der Waals surface area contributed by atoms with E-state index in [0.29, 0.717) is 11.3 Å². The smallest absolute Gasteiger partial charge is 0.170 e. The fourth-order valence-corrected chi connectivity index (χ4v) is 1.44. The molecule has 1 atom stereocenters. The van der Waals surface area contributed by atoms with Crippen molar-refractivity contribution in [3.63, 3.8) is 0 Å². The van der Waals surface area contributed by atoms with E-state index < -0.39 is 0 Å². The summed E-state index contributed by atoms with van der Waals surface area (Å²) >= 11 is 0. The van der Waals surface area contributed by atoms with Crippen molar-refractivity contribution in [2.75, 3.05) is 7.11 Å². The van der Waals surface area contributed by atoms with Crippen molar-refractivity contribution >= 4 is 11.6 Å². The van der Waals surface area contributed by atoms with Gasteiger partial charge >= 0.3 is 0 Å². The van der Waals surface area contributed by atoms with Crippen LogP contribution in [0.25, 0.3) is 0 Å². The van der Waals surface area contributed by atoms with Crippen LogP contribution in [0.4, 0.5) is 0 Å². The number of carbonyl (C=O) groups excluding carboxylic acids is 2. The molecule has 0 bridgehead atoms. The molecule has 1 aromatic carbocycles. The Bertz CT molecular complexity index is 392. The van der Waals surface area contributed by atoms with E-state index in [1.165, 1.54) is 0 Å². The molecule has 0 N–H and O–H groups in total. The standard InChI is InChI=1S/C14H18O3/c1-4-10(2)13(15)9-14(16)11-5-7-12(17-3)8-6-11/h5-8,10H,4,9H2,1-3H3. The Morgan fingerprint density at radius 2 is 1.82 bits per heavy atom. The minimum Gasteiger partial charge on any atom is -0.497 e. The Labute approximate surface area is 102 Å². The maximum Gasteiger partial charge on any atom is 0.170 e. The van der Waals surface area contributed by atoms with Gasteiger partial charge in [-0.2, -0.15) is 0 Å². The number of ether oxygens (including phenoxy) is 1. The molecule has 0 heterocycles. The van der Waals surface area contributed by atoms with E-state index in [2.05, 4.69) is 0 Å². The number of benzene rings is 1. The highest BCUT2D eigenvalue weighted by molar-refractivity contribution is 6.08. The predicted octanol–water partition coefficient (Wildman–Crippen LogP) is 2.88. The minimum atomic E-state index is -0.127. The third-order valence-electron chi connectivity index (χ3n) is 2.91. The summed E-state index contributed by atoms with van der Waals surface area (Å²) in [5.74, 6) is 0.540. The molecule has 0 aliphatic rings. The van der Waals surface area contributed by atoms with E-state index in [0.717, 1.165) is 6.42 Å². The molecule has 0 saturated carbocycles. The van der Waals surface area contributed by atoms with Gasteiger partial charge in [0.15, 0.2) is 5.78 Å². The van der Waals surface area contributed by atoms with Gasteiger partial charge in [0.05, 0.1) is 13.5 Å². The zero-order valence-corrected chi connectivity index (χ0v) is 10.5. The topological polar surface area (TPSA) is 43.4 Å². The number of rotatable bonds is 6. The summed E-state index contributed by atoms with van der Waals surface area (Å²) < 4.78 is 5.01. The Morgan fingerprint density at radius 3 is 2.29 bits per heavy atom. The second kappa shape index (κ2) is 6.18. The molecule has 3 nitrogen and oxygen atoms in total. The molecule has 1 unspecified atom stereocenters. The molecule has 0 aliphatic carbocycles. The van der Waals surface area contributed by atoms with Crippen molar-refractivity contribution in [3.05, 3.63) is 29.8 Å². The van der Waals surface area contributed by atoms with Gasteiger partial charge in [-0.1, -0.05) is 13.8 Å². The summed E-state index contributed by atoms with van der Waals surface area (Å²) in [6, 6.07) is 6.82. The molecular formula is C14H18O3. The van der Waals surface area contributed by atoms with Crippen molar-refractivity contribution in [1.82, 2.24) is 0 Å². The van der Waals surface area contributed by atoms with E-state index >= 15 is 0 Å². The predicted molar refractivity (Wildman–Crippen MR) is 66.4 cm³/mol. The maximum atomic E-state index is 11.8.